The van der Waals surface area contributed by atoms with Crippen LogP contribution in [0.1, 0.15) is 24.2 Å². The van der Waals surface area contributed by atoms with Crippen molar-refractivity contribution in [1.82, 2.24) is 9.80 Å². The van der Waals surface area contributed by atoms with Crippen molar-refractivity contribution in [1.29, 1.82) is 0 Å². The van der Waals surface area contributed by atoms with Crippen molar-refractivity contribution in [3.05, 3.63) is 54.1 Å². The number of methoxy groups -OCH3 is 1. The highest BCUT2D eigenvalue weighted by molar-refractivity contribution is 7.92. The molecule has 2 aromatic carbocycles. The molecule has 2 aromatic rings. The second-order valence-corrected chi connectivity index (χ2v) is 10.3. The van der Waals surface area contributed by atoms with Gasteiger partial charge in [-0.25, -0.2) is 8.42 Å². The van der Waals surface area contributed by atoms with E-state index in [2.05, 4.69) is 23.5 Å². The number of benzene rings is 2. The van der Waals surface area contributed by atoms with Gasteiger partial charge in [0.05, 0.1) is 22.3 Å². The lowest BCUT2D eigenvalue weighted by Crippen LogP contribution is -2.45. The van der Waals surface area contributed by atoms with Crippen LogP contribution in [-0.2, 0) is 14.8 Å². The van der Waals surface area contributed by atoms with Crippen LogP contribution in [0.3, 0.4) is 0 Å². The zero-order valence-electron chi connectivity index (χ0n) is 19.8. The summed E-state index contributed by atoms with van der Waals surface area (Å²) >= 11 is 0. The predicted octanol–water partition coefficient (Wildman–Crippen LogP) is 2.92. The van der Waals surface area contributed by atoms with E-state index < -0.39 is 10.0 Å². The van der Waals surface area contributed by atoms with Crippen molar-refractivity contribution < 1.29 is 22.7 Å². The first-order valence-corrected chi connectivity index (χ1v) is 12.4. The topological polar surface area (TPSA) is 88.2 Å². The normalized spacial score (nSPS) is 23.1. The molecule has 0 saturated heterocycles. The summed E-state index contributed by atoms with van der Waals surface area (Å²) < 4.78 is 39.8. The number of hydrogen-bond acceptors (Lipinski definition) is 6. The van der Waals surface area contributed by atoms with Gasteiger partial charge in [0.1, 0.15) is 12.4 Å². The van der Waals surface area contributed by atoms with Crippen LogP contribution in [0.25, 0.3) is 0 Å². The third-order valence-corrected chi connectivity index (χ3v) is 7.46. The average Bonchev–Trinajstić information content (AvgIpc) is 2.80. The van der Waals surface area contributed by atoms with E-state index in [1.807, 2.05) is 7.05 Å². The molecule has 3 rings (SSSR count). The van der Waals surface area contributed by atoms with E-state index in [1.54, 1.807) is 55.5 Å². The summed E-state index contributed by atoms with van der Waals surface area (Å²) in [4.78, 5) is 17.2. The lowest BCUT2D eigenvalue weighted by atomic mass is 10.0. The Hall–Kier alpha value is -2.62. The molecule has 1 aliphatic rings. The Labute approximate surface area is 196 Å². The number of carbonyl (C=O) groups excluding carboxylic acids is 1. The van der Waals surface area contributed by atoms with Crippen LogP contribution in [0.5, 0.6) is 5.75 Å². The Balaban J connectivity index is 1.94. The fourth-order valence-corrected chi connectivity index (χ4v) is 4.90. The summed E-state index contributed by atoms with van der Waals surface area (Å²) in [5, 5.41) is 0. The molecule has 0 radical (unpaired) electrons. The molecule has 0 aromatic heterocycles. The van der Waals surface area contributed by atoms with Crippen LogP contribution in [-0.4, -0.2) is 77.2 Å². The minimum absolute atomic E-state index is 0.0785. The number of ether oxygens (including phenoxy) is 2. The molecule has 180 valence electrons. The molecule has 0 spiro atoms. The molecule has 9 heteroatoms. The Kier molecular flexibility index (Phi) is 7.99. The first-order chi connectivity index (χ1) is 15.6. The maximum absolute atomic E-state index is 13.2. The van der Waals surface area contributed by atoms with Crippen molar-refractivity contribution in [2.75, 3.05) is 45.6 Å². The van der Waals surface area contributed by atoms with E-state index in [0.717, 1.165) is 6.54 Å². The number of anilines is 1. The monoisotopic (exact) mass is 475 g/mol. The molecule has 0 bridgehead atoms. The molecule has 0 saturated carbocycles. The van der Waals surface area contributed by atoms with E-state index in [4.69, 9.17) is 9.47 Å². The smallest absolute Gasteiger partial charge is 0.261 e. The first-order valence-electron chi connectivity index (χ1n) is 11.0. The quantitative estimate of drug-likeness (QED) is 0.732. The lowest BCUT2D eigenvalue weighted by molar-refractivity contribution is 0.0150. The van der Waals surface area contributed by atoms with Gasteiger partial charge in [-0.1, -0.05) is 25.1 Å². The number of hydrogen-bond donors (Lipinski definition) is 1. The largest absolute Gasteiger partial charge is 0.491 e. The van der Waals surface area contributed by atoms with Gasteiger partial charge in [0.2, 0.25) is 0 Å². The Bertz CT molecular complexity index is 1060. The minimum Gasteiger partial charge on any atom is -0.491 e. The first kappa shape index (κ1) is 25.0. The Morgan fingerprint density at radius 3 is 2.42 bits per heavy atom. The second kappa shape index (κ2) is 10.5. The highest BCUT2D eigenvalue weighted by Crippen LogP contribution is 2.28. The number of nitrogens with zero attached hydrogens (tertiary/aromatic N) is 2. The van der Waals surface area contributed by atoms with Crippen molar-refractivity contribution in [3.63, 3.8) is 0 Å². The van der Waals surface area contributed by atoms with Crippen molar-refractivity contribution >= 4 is 21.6 Å². The van der Waals surface area contributed by atoms with Crippen LogP contribution >= 0.6 is 0 Å². The summed E-state index contributed by atoms with van der Waals surface area (Å²) in [7, 11) is 1.66. The molecule has 33 heavy (non-hydrogen) atoms. The number of carbonyl (C=O) groups is 1. The third kappa shape index (κ3) is 6.04. The third-order valence-electron chi connectivity index (χ3n) is 6.06. The SMILES string of the molecule is CO[C@@H]1CN(C)C(=O)c2ccc(NS(=O)(=O)c3ccccc3)cc2OC[C@H](C)N(C)C[C@H]1C. The number of likely N-dealkylation sites (N-methyl/N-ethyl adjacent to an activating group) is 2. The molecule has 0 unspecified atom stereocenters. The molecule has 1 N–H and O–H groups in total. The Morgan fingerprint density at radius 1 is 1.06 bits per heavy atom. The van der Waals surface area contributed by atoms with Gasteiger partial charge in [-0.3, -0.25) is 14.4 Å². The van der Waals surface area contributed by atoms with Gasteiger partial charge in [0, 0.05) is 39.4 Å². The number of fused-ring (bicyclic) bond motifs is 1. The number of rotatable bonds is 4. The van der Waals surface area contributed by atoms with E-state index in [9.17, 15) is 13.2 Å². The van der Waals surface area contributed by atoms with E-state index >= 15 is 0 Å². The summed E-state index contributed by atoms with van der Waals surface area (Å²) in [5.41, 5.74) is 0.697. The van der Waals surface area contributed by atoms with Crippen molar-refractivity contribution in [3.8, 4) is 5.75 Å². The number of sulfonamides is 1. The van der Waals surface area contributed by atoms with Gasteiger partial charge >= 0.3 is 0 Å². The van der Waals surface area contributed by atoms with Gasteiger partial charge < -0.3 is 14.4 Å². The predicted molar refractivity (Wildman–Crippen MR) is 128 cm³/mol. The van der Waals surface area contributed by atoms with Gasteiger partial charge in [0.15, 0.2) is 0 Å². The van der Waals surface area contributed by atoms with Crippen LogP contribution in [0.4, 0.5) is 5.69 Å². The van der Waals surface area contributed by atoms with Crippen molar-refractivity contribution in [2.45, 2.75) is 30.9 Å². The summed E-state index contributed by atoms with van der Waals surface area (Å²) in [5.74, 6) is 0.340. The molecule has 1 amide bonds. The lowest BCUT2D eigenvalue weighted by Gasteiger charge is -2.34. The zero-order valence-corrected chi connectivity index (χ0v) is 20.6. The van der Waals surface area contributed by atoms with Crippen LogP contribution in [0.15, 0.2) is 53.4 Å². The fourth-order valence-electron chi connectivity index (χ4n) is 3.83. The molecule has 1 heterocycles. The number of amides is 1. The van der Waals surface area contributed by atoms with Crippen LogP contribution in [0, 0.1) is 5.92 Å². The van der Waals surface area contributed by atoms with Gasteiger partial charge in [-0.2, -0.15) is 0 Å². The second-order valence-electron chi connectivity index (χ2n) is 8.67. The summed E-state index contributed by atoms with van der Waals surface area (Å²) in [6.07, 6.45) is -0.116. The summed E-state index contributed by atoms with van der Waals surface area (Å²) in [6.45, 7) is 5.73. The van der Waals surface area contributed by atoms with E-state index in [0.29, 0.717) is 30.2 Å². The zero-order chi connectivity index (χ0) is 24.2. The molecule has 8 nitrogen and oxygen atoms in total. The van der Waals surface area contributed by atoms with Crippen LogP contribution in [0.2, 0.25) is 0 Å². The van der Waals surface area contributed by atoms with Crippen LogP contribution < -0.4 is 9.46 Å². The maximum atomic E-state index is 13.2. The molecular weight excluding hydrogens is 442 g/mol. The van der Waals surface area contributed by atoms with Gasteiger partial charge in [-0.05, 0) is 44.2 Å². The molecular formula is C24H33N3O5S. The molecule has 3 atom stereocenters. The average molecular weight is 476 g/mol. The fraction of sp³-hybridized carbons (Fsp3) is 0.458. The molecule has 1 aliphatic heterocycles. The minimum atomic E-state index is -3.77. The molecule has 0 aliphatic carbocycles. The number of nitrogens with one attached hydrogen (secondary N) is 1. The van der Waals surface area contributed by atoms with E-state index in [1.165, 1.54) is 12.1 Å². The highest BCUT2D eigenvalue weighted by Gasteiger charge is 2.27. The standard InChI is InChI=1S/C24H33N3O5S/c1-17-14-26(3)18(2)16-32-22-13-19(25-33(29,30)20-9-7-6-8-10-20)11-12-21(22)24(28)27(4)15-23(17)31-5/h6-13,17-18,23,25H,14-16H2,1-5H3/t17-,18+,23-/m1/s1. The Morgan fingerprint density at radius 2 is 1.76 bits per heavy atom. The van der Waals surface area contributed by atoms with Gasteiger partial charge in [0.25, 0.3) is 15.9 Å². The van der Waals surface area contributed by atoms with Gasteiger partial charge in [-0.15, -0.1) is 0 Å². The maximum Gasteiger partial charge on any atom is 0.261 e. The van der Waals surface area contributed by atoms with E-state index in [-0.39, 0.29) is 28.9 Å². The molecule has 0 fully saturated rings. The highest BCUT2D eigenvalue weighted by atomic mass is 32.2. The van der Waals surface area contributed by atoms with Crippen molar-refractivity contribution in [2.24, 2.45) is 5.92 Å². The summed E-state index contributed by atoms with van der Waals surface area (Å²) in [6, 6.07) is 12.9.